The zero-order valence-electron chi connectivity index (χ0n) is 26.7. The Labute approximate surface area is 257 Å². The molecule has 0 radical (unpaired) electrons. The quantitative estimate of drug-likeness (QED) is 0.228. The zero-order valence-corrected chi connectivity index (χ0v) is 27.7. The normalized spacial score (nSPS) is 18.0. The van der Waals surface area contributed by atoms with Crippen LogP contribution in [0.4, 0.5) is 5.82 Å². The molecule has 228 valence electrons. The van der Waals surface area contributed by atoms with Gasteiger partial charge in [-0.3, -0.25) is 9.48 Å². The molecule has 0 unspecified atom stereocenters. The summed E-state index contributed by atoms with van der Waals surface area (Å²) in [6.45, 7) is 15.3. The number of rotatable bonds is 8. The van der Waals surface area contributed by atoms with E-state index < -0.39 is 8.32 Å². The molecule has 1 aliphatic rings. The van der Waals surface area contributed by atoms with E-state index in [2.05, 4.69) is 123 Å². The molecule has 1 saturated carbocycles. The van der Waals surface area contributed by atoms with E-state index >= 15 is 0 Å². The molecule has 0 saturated heterocycles. The molecule has 4 aromatic rings. The van der Waals surface area contributed by atoms with E-state index in [9.17, 15) is 4.79 Å². The van der Waals surface area contributed by atoms with Gasteiger partial charge in [0.2, 0.25) is 5.91 Å². The Morgan fingerprint density at radius 1 is 0.930 bits per heavy atom. The van der Waals surface area contributed by atoms with Crippen LogP contribution in [0.15, 0.2) is 77.3 Å². The Bertz CT molecular complexity index is 1470. The molecule has 0 aliphatic heterocycles. The second kappa shape index (κ2) is 12.2. The fraction of sp³-hybridized carbons (Fsp3) is 0.457. The van der Waals surface area contributed by atoms with Crippen molar-refractivity contribution in [2.24, 2.45) is 0 Å². The second-order valence-electron chi connectivity index (χ2n) is 14.0. The van der Waals surface area contributed by atoms with Crippen LogP contribution in [0.5, 0.6) is 0 Å². The lowest BCUT2D eigenvalue weighted by atomic mass is 9.85. The van der Waals surface area contributed by atoms with Crippen molar-refractivity contribution in [1.29, 1.82) is 0 Å². The third-order valence-corrected chi connectivity index (χ3v) is 13.6. The van der Waals surface area contributed by atoms with Gasteiger partial charge >= 0.3 is 0 Å². The minimum absolute atomic E-state index is 0.0467. The molecule has 0 atom stereocenters. The third-order valence-electron chi connectivity index (χ3n) is 8.50. The lowest BCUT2D eigenvalue weighted by Gasteiger charge is -2.46. The van der Waals surface area contributed by atoms with Crippen molar-refractivity contribution in [3.05, 3.63) is 89.9 Å². The average molecular weight is 599 g/mol. The van der Waals surface area contributed by atoms with E-state index in [0.717, 1.165) is 31.4 Å². The highest BCUT2D eigenvalue weighted by molar-refractivity contribution is 6.99. The van der Waals surface area contributed by atoms with Gasteiger partial charge in [-0.2, -0.15) is 5.10 Å². The van der Waals surface area contributed by atoms with Gasteiger partial charge in [-0.05, 0) is 68.8 Å². The van der Waals surface area contributed by atoms with Gasteiger partial charge in [-0.15, -0.1) is 0 Å². The van der Waals surface area contributed by atoms with Gasteiger partial charge < -0.3 is 14.3 Å². The van der Waals surface area contributed by atoms with E-state index in [1.807, 2.05) is 6.92 Å². The first-order valence-corrected chi connectivity index (χ1v) is 17.4. The maximum absolute atomic E-state index is 12.8. The number of benzene rings is 2. The molecule has 1 N–H and O–H groups in total. The van der Waals surface area contributed by atoms with Crippen molar-refractivity contribution in [1.82, 2.24) is 14.9 Å². The Hall–Kier alpha value is -3.49. The van der Waals surface area contributed by atoms with Crippen LogP contribution >= 0.6 is 0 Å². The topological polar surface area (TPSA) is 82.2 Å². The van der Waals surface area contributed by atoms with E-state index in [1.54, 1.807) is 6.07 Å². The van der Waals surface area contributed by atoms with Gasteiger partial charge in [-0.1, -0.05) is 86.6 Å². The molecular weight excluding hydrogens is 552 g/mol. The van der Waals surface area contributed by atoms with Crippen molar-refractivity contribution in [2.75, 3.05) is 5.32 Å². The first-order chi connectivity index (χ1) is 20.4. The number of amides is 1. The van der Waals surface area contributed by atoms with Gasteiger partial charge in [0, 0.05) is 29.8 Å². The number of nitrogens with zero attached hydrogens (tertiary/aromatic N) is 3. The molecule has 5 rings (SSSR count). The molecule has 1 amide bonds. The summed E-state index contributed by atoms with van der Waals surface area (Å²) in [6.07, 6.45) is 4.29. The highest BCUT2D eigenvalue weighted by atomic mass is 28.4. The van der Waals surface area contributed by atoms with Crippen molar-refractivity contribution < 1.29 is 13.7 Å². The Kier molecular flexibility index (Phi) is 8.81. The lowest BCUT2D eigenvalue weighted by Crippen LogP contribution is -2.67. The number of aryl methyl sites for hydroxylation is 1. The van der Waals surface area contributed by atoms with Crippen molar-refractivity contribution in [3.8, 4) is 0 Å². The van der Waals surface area contributed by atoms with Crippen LogP contribution in [-0.4, -0.2) is 35.3 Å². The first kappa shape index (κ1) is 30.9. The van der Waals surface area contributed by atoms with Gasteiger partial charge in [0.05, 0.1) is 17.7 Å². The SMILES string of the molecule is Cc1cc(CC(=O)Nc2cc(C3CCC(O[Si](c4ccccc4)(c4ccccc4)C(C)(C)C)CC3)n(C(C)(C)C)n2)on1. The summed E-state index contributed by atoms with van der Waals surface area (Å²) in [4.78, 5) is 12.8. The summed E-state index contributed by atoms with van der Waals surface area (Å²) in [5.41, 5.74) is 1.71. The molecule has 1 fully saturated rings. The van der Waals surface area contributed by atoms with Gasteiger partial charge in [0.25, 0.3) is 8.32 Å². The maximum Gasteiger partial charge on any atom is 0.261 e. The van der Waals surface area contributed by atoms with Gasteiger partial charge in [-0.25, -0.2) is 0 Å². The van der Waals surface area contributed by atoms with Crippen LogP contribution < -0.4 is 15.7 Å². The van der Waals surface area contributed by atoms with E-state index in [0.29, 0.717) is 17.5 Å². The minimum Gasteiger partial charge on any atom is -0.404 e. The number of hydrogen-bond donors (Lipinski definition) is 1. The number of aromatic nitrogens is 3. The van der Waals surface area contributed by atoms with Crippen LogP contribution in [0, 0.1) is 6.92 Å². The number of nitrogens with one attached hydrogen (secondary N) is 1. The Morgan fingerprint density at radius 2 is 1.51 bits per heavy atom. The highest BCUT2D eigenvalue weighted by Gasteiger charge is 2.51. The number of hydrogen-bond acceptors (Lipinski definition) is 5. The summed E-state index contributed by atoms with van der Waals surface area (Å²) in [7, 11) is -2.60. The van der Waals surface area contributed by atoms with Crippen LogP contribution in [0.1, 0.15) is 90.3 Å². The fourth-order valence-electron chi connectivity index (χ4n) is 6.55. The molecule has 0 bridgehead atoms. The number of carbonyl (C=O) groups is 1. The first-order valence-electron chi connectivity index (χ1n) is 15.5. The second-order valence-corrected chi connectivity index (χ2v) is 18.2. The van der Waals surface area contributed by atoms with Gasteiger partial charge in [0.1, 0.15) is 5.76 Å². The minimum atomic E-state index is -2.60. The van der Waals surface area contributed by atoms with E-state index in [-0.39, 0.29) is 29.0 Å². The van der Waals surface area contributed by atoms with Crippen molar-refractivity contribution in [3.63, 3.8) is 0 Å². The van der Waals surface area contributed by atoms with Crippen LogP contribution in [-0.2, 0) is 21.2 Å². The molecule has 43 heavy (non-hydrogen) atoms. The zero-order chi connectivity index (χ0) is 30.8. The standard InChI is InChI=1S/C35H46N4O3Si/c1-25-22-28(41-38-25)23-33(40)36-32-24-31(39(37-32)34(2,3)4)26-18-20-27(21-19-26)42-43(35(5,6)7,29-14-10-8-11-15-29)30-16-12-9-13-17-30/h8-17,22,24,26-27H,18-21,23H2,1-7H3,(H,36,37,40). The fourth-order valence-corrected chi connectivity index (χ4v) is 11.3. The van der Waals surface area contributed by atoms with E-state index in [4.69, 9.17) is 14.0 Å². The molecule has 2 aromatic heterocycles. The average Bonchev–Trinajstić information content (AvgIpc) is 3.58. The molecule has 2 aromatic carbocycles. The molecule has 2 heterocycles. The summed E-state index contributed by atoms with van der Waals surface area (Å²) in [6, 6.07) is 25.6. The van der Waals surface area contributed by atoms with E-state index in [1.165, 1.54) is 16.1 Å². The van der Waals surface area contributed by atoms with Gasteiger partial charge in [0.15, 0.2) is 5.82 Å². The molecule has 1 aliphatic carbocycles. The molecular formula is C35H46N4O3Si. The summed E-state index contributed by atoms with van der Waals surface area (Å²) >= 11 is 0. The molecule has 8 heteroatoms. The van der Waals surface area contributed by atoms with Crippen LogP contribution in [0.3, 0.4) is 0 Å². The van der Waals surface area contributed by atoms with Crippen molar-refractivity contribution in [2.45, 2.75) is 103 Å². The predicted molar refractivity (Wildman–Crippen MR) is 174 cm³/mol. The maximum atomic E-state index is 12.8. The summed E-state index contributed by atoms with van der Waals surface area (Å²) in [5, 5.41) is 14.3. The largest absolute Gasteiger partial charge is 0.404 e. The number of carbonyl (C=O) groups excluding carboxylic acids is 1. The number of anilines is 1. The van der Waals surface area contributed by atoms with Crippen LogP contribution in [0.2, 0.25) is 5.04 Å². The third kappa shape index (κ3) is 6.70. The predicted octanol–water partition coefficient (Wildman–Crippen LogP) is 6.72. The van der Waals surface area contributed by atoms with Crippen molar-refractivity contribution >= 4 is 30.4 Å². The smallest absolute Gasteiger partial charge is 0.261 e. The molecule has 0 spiro atoms. The Morgan fingerprint density at radius 3 is 2.00 bits per heavy atom. The van der Waals surface area contributed by atoms with Crippen LogP contribution in [0.25, 0.3) is 0 Å². The molecule has 7 nitrogen and oxygen atoms in total. The summed E-state index contributed by atoms with van der Waals surface area (Å²) in [5.74, 6) is 1.30. The lowest BCUT2D eigenvalue weighted by molar-refractivity contribution is -0.115. The monoisotopic (exact) mass is 598 g/mol. The summed E-state index contributed by atoms with van der Waals surface area (Å²) < 4.78 is 14.8. The Balaban J connectivity index is 1.35. The highest BCUT2D eigenvalue weighted by Crippen LogP contribution is 2.42.